The third-order valence-electron chi connectivity index (χ3n) is 2.40. The second kappa shape index (κ2) is 6.75. The van der Waals surface area contributed by atoms with Gasteiger partial charge in [0.05, 0.1) is 6.61 Å². The molecule has 7 nitrogen and oxygen atoms in total. The lowest BCUT2D eigenvalue weighted by Crippen LogP contribution is -2.40. The van der Waals surface area contributed by atoms with Crippen LogP contribution in [0.25, 0.3) is 0 Å². The molecule has 0 fully saturated rings. The molecule has 0 aliphatic rings. The lowest BCUT2D eigenvalue weighted by molar-refractivity contribution is -0.132. The zero-order chi connectivity index (χ0) is 13.5. The maximum absolute atomic E-state index is 11.9. The first kappa shape index (κ1) is 14.2. The smallest absolute Gasteiger partial charge is 0.265 e. The van der Waals surface area contributed by atoms with Gasteiger partial charge in [-0.2, -0.15) is 0 Å². The number of hydrogen-bond acceptors (Lipinski definition) is 4. The Morgan fingerprint density at radius 2 is 2.11 bits per heavy atom. The minimum Gasteiger partial charge on any atom is -0.395 e. The van der Waals surface area contributed by atoms with Crippen molar-refractivity contribution in [3.05, 3.63) is 32.8 Å². The van der Waals surface area contributed by atoms with E-state index in [1.54, 1.807) is 0 Å². The van der Waals surface area contributed by atoms with Crippen LogP contribution in [0.2, 0.25) is 0 Å². The third kappa shape index (κ3) is 3.85. The van der Waals surface area contributed by atoms with Crippen molar-refractivity contribution >= 4 is 5.91 Å². The van der Waals surface area contributed by atoms with Gasteiger partial charge < -0.3 is 10.0 Å². The van der Waals surface area contributed by atoms with E-state index in [0.717, 1.165) is 23.2 Å². The van der Waals surface area contributed by atoms with Crippen LogP contribution in [0.4, 0.5) is 0 Å². The van der Waals surface area contributed by atoms with Crippen molar-refractivity contribution in [2.45, 2.75) is 19.9 Å². The first-order valence-corrected chi connectivity index (χ1v) is 5.77. The molecule has 0 saturated heterocycles. The number of carbonyl (C=O) groups excluding carboxylic acids is 1. The van der Waals surface area contributed by atoms with E-state index in [0.29, 0.717) is 6.54 Å². The summed E-state index contributed by atoms with van der Waals surface area (Å²) in [5.41, 5.74) is -0.880. The molecule has 0 unspecified atom stereocenters. The number of nitrogens with one attached hydrogen (secondary N) is 1. The predicted molar refractivity (Wildman–Crippen MR) is 65.3 cm³/mol. The van der Waals surface area contributed by atoms with Gasteiger partial charge in [-0.3, -0.25) is 19.5 Å². The van der Waals surface area contributed by atoms with Crippen molar-refractivity contribution in [3.63, 3.8) is 0 Å². The number of aliphatic hydroxyl groups excluding tert-OH is 1. The van der Waals surface area contributed by atoms with Gasteiger partial charge in [-0.1, -0.05) is 6.92 Å². The van der Waals surface area contributed by atoms with Crippen molar-refractivity contribution in [1.82, 2.24) is 14.7 Å². The number of rotatable bonds is 6. The largest absolute Gasteiger partial charge is 0.395 e. The van der Waals surface area contributed by atoms with Gasteiger partial charge in [-0.15, -0.1) is 0 Å². The number of amides is 1. The number of aliphatic hydroxyl groups is 1. The number of aromatic nitrogens is 2. The predicted octanol–water partition coefficient (Wildman–Crippen LogP) is -1.23. The lowest BCUT2D eigenvalue weighted by Gasteiger charge is -2.21. The average molecular weight is 255 g/mol. The molecular formula is C11H17N3O4. The second-order valence-electron chi connectivity index (χ2n) is 3.84. The molecule has 1 aromatic rings. The fraction of sp³-hybridized carbons (Fsp3) is 0.545. The molecule has 0 aliphatic carbocycles. The van der Waals surface area contributed by atoms with Crippen LogP contribution >= 0.6 is 0 Å². The van der Waals surface area contributed by atoms with E-state index in [-0.39, 0.29) is 25.6 Å². The number of nitrogens with zero attached hydrogens (tertiary/aromatic N) is 2. The maximum Gasteiger partial charge on any atom is 0.265 e. The Morgan fingerprint density at radius 1 is 1.39 bits per heavy atom. The Morgan fingerprint density at radius 3 is 2.72 bits per heavy atom. The average Bonchev–Trinajstić information content (AvgIpc) is 2.33. The van der Waals surface area contributed by atoms with Gasteiger partial charge in [0.15, 0.2) is 0 Å². The number of hydrogen-bond donors (Lipinski definition) is 2. The van der Waals surface area contributed by atoms with E-state index in [1.165, 1.54) is 4.90 Å². The topological polar surface area (TPSA) is 95.4 Å². The van der Waals surface area contributed by atoms with Crippen LogP contribution in [0.5, 0.6) is 0 Å². The van der Waals surface area contributed by atoms with E-state index in [4.69, 9.17) is 5.11 Å². The van der Waals surface area contributed by atoms with Crippen LogP contribution < -0.4 is 11.1 Å². The molecular weight excluding hydrogens is 238 g/mol. The summed E-state index contributed by atoms with van der Waals surface area (Å²) in [4.78, 5) is 35.8. The van der Waals surface area contributed by atoms with Gasteiger partial charge in [0.25, 0.3) is 11.1 Å². The molecule has 0 atom stereocenters. The zero-order valence-corrected chi connectivity index (χ0v) is 10.3. The van der Waals surface area contributed by atoms with Gasteiger partial charge in [0, 0.05) is 25.2 Å². The number of aromatic amines is 1. The number of H-pyrrole nitrogens is 1. The highest BCUT2D eigenvalue weighted by Crippen LogP contribution is 1.93. The van der Waals surface area contributed by atoms with Crippen molar-refractivity contribution in [1.29, 1.82) is 0 Å². The molecule has 7 heteroatoms. The minimum atomic E-state index is -0.441. The van der Waals surface area contributed by atoms with E-state index < -0.39 is 11.1 Å². The van der Waals surface area contributed by atoms with Crippen LogP contribution in [0, 0.1) is 0 Å². The van der Waals surface area contributed by atoms with Crippen LogP contribution in [-0.2, 0) is 11.3 Å². The lowest BCUT2D eigenvalue weighted by atomic mass is 10.3. The van der Waals surface area contributed by atoms with E-state index >= 15 is 0 Å². The Hall–Kier alpha value is -1.89. The highest BCUT2D eigenvalue weighted by Gasteiger charge is 2.13. The summed E-state index contributed by atoms with van der Waals surface area (Å²) in [7, 11) is 0. The Kier molecular flexibility index (Phi) is 5.31. The summed E-state index contributed by atoms with van der Waals surface area (Å²) < 4.78 is 0.963. The van der Waals surface area contributed by atoms with Crippen LogP contribution in [0.1, 0.15) is 13.3 Å². The molecule has 0 radical (unpaired) electrons. The summed E-state index contributed by atoms with van der Waals surface area (Å²) in [5.74, 6) is -0.310. The summed E-state index contributed by atoms with van der Waals surface area (Å²) >= 11 is 0. The van der Waals surface area contributed by atoms with Gasteiger partial charge in [0.2, 0.25) is 5.91 Å². The zero-order valence-electron chi connectivity index (χ0n) is 10.3. The van der Waals surface area contributed by atoms with Crippen molar-refractivity contribution in [3.8, 4) is 0 Å². The van der Waals surface area contributed by atoms with E-state index in [1.807, 2.05) is 6.92 Å². The van der Waals surface area contributed by atoms with Crippen LogP contribution in [-0.4, -0.2) is 45.4 Å². The first-order valence-electron chi connectivity index (χ1n) is 5.77. The van der Waals surface area contributed by atoms with E-state index in [2.05, 4.69) is 5.10 Å². The highest BCUT2D eigenvalue weighted by atomic mass is 16.3. The summed E-state index contributed by atoms with van der Waals surface area (Å²) in [6.07, 6.45) is 0.756. The van der Waals surface area contributed by atoms with Crippen LogP contribution in [0.3, 0.4) is 0 Å². The van der Waals surface area contributed by atoms with Gasteiger partial charge in [0.1, 0.15) is 6.54 Å². The maximum atomic E-state index is 11.9. The molecule has 0 aromatic carbocycles. The molecule has 2 N–H and O–H groups in total. The second-order valence-corrected chi connectivity index (χ2v) is 3.84. The number of carbonyl (C=O) groups is 1. The van der Waals surface area contributed by atoms with Crippen molar-refractivity contribution in [2.24, 2.45) is 0 Å². The van der Waals surface area contributed by atoms with Crippen molar-refractivity contribution in [2.75, 3.05) is 19.7 Å². The SMILES string of the molecule is CCCN(CCO)C(=O)Cn1[nH]c(=O)ccc1=O. The van der Waals surface area contributed by atoms with Crippen LogP contribution in [0.15, 0.2) is 21.7 Å². The molecule has 18 heavy (non-hydrogen) atoms. The first-order chi connectivity index (χ1) is 8.58. The fourth-order valence-electron chi connectivity index (χ4n) is 1.57. The fourth-order valence-corrected chi connectivity index (χ4v) is 1.57. The molecule has 0 saturated carbocycles. The molecule has 1 amide bonds. The third-order valence-corrected chi connectivity index (χ3v) is 2.40. The molecule has 0 aliphatic heterocycles. The standard InChI is InChI=1S/C11H17N3O4/c1-2-5-13(6-7-15)11(18)8-14-10(17)4-3-9(16)12-14/h3-4,15H,2,5-8H2,1H3,(H,12,16). The monoisotopic (exact) mass is 255 g/mol. The highest BCUT2D eigenvalue weighted by molar-refractivity contribution is 5.75. The molecule has 0 spiro atoms. The van der Waals surface area contributed by atoms with Gasteiger partial charge >= 0.3 is 0 Å². The Bertz CT molecular complexity index is 500. The summed E-state index contributed by atoms with van der Waals surface area (Å²) in [6, 6.07) is 2.23. The minimum absolute atomic E-state index is 0.133. The quantitative estimate of drug-likeness (QED) is 0.665. The molecule has 1 rings (SSSR count). The van der Waals surface area contributed by atoms with Gasteiger partial charge in [-0.25, -0.2) is 4.68 Å². The Labute approximate surface area is 104 Å². The molecule has 0 bridgehead atoms. The van der Waals surface area contributed by atoms with Gasteiger partial charge in [-0.05, 0) is 6.42 Å². The Balaban J connectivity index is 2.81. The van der Waals surface area contributed by atoms with Crippen molar-refractivity contribution < 1.29 is 9.90 Å². The molecule has 1 heterocycles. The molecule has 100 valence electrons. The summed E-state index contributed by atoms with van der Waals surface area (Å²) in [5, 5.41) is 11.1. The normalized spacial score (nSPS) is 10.3. The molecule has 1 aromatic heterocycles. The summed E-state index contributed by atoms with van der Waals surface area (Å²) in [6.45, 7) is 2.28. The van der Waals surface area contributed by atoms with E-state index in [9.17, 15) is 14.4 Å².